The average Bonchev–Trinajstić information content (AvgIpc) is 3.73. The van der Waals surface area contributed by atoms with Crippen LogP contribution < -0.4 is 5.32 Å². The van der Waals surface area contributed by atoms with Crippen LogP contribution in [0.1, 0.15) is 53.8 Å². The molecule has 0 atom stereocenters. The average molecular weight is 489 g/mol. The number of benzene rings is 1. The quantitative estimate of drug-likeness (QED) is 0.338. The lowest BCUT2D eigenvalue weighted by atomic mass is 10.0. The Hall–Kier alpha value is -2.36. The van der Waals surface area contributed by atoms with Gasteiger partial charge in [0.15, 0.2) is 5.16 Å². The molecule has 0 spiro atoms. The van der Waals surface area contributed by atoms with Crippen molar-refractivity contribution >= 4 is 51.6 Å². The largest absolute Gasteiger partial charge is 0.465 e. The van der Waals surface area contributed by atoms with Gasteiger partial charge in [0.1, 0.15) is 16.4 Å². The number of esters is 1. The summed E-state index contributed by atoms with van der Waals surface area (Å²) in [6, 6.07) is 7.73. The maximum atomic E-state index is 12.8. The van der Waals surface area contributed by atoms with E-state index in [0.717, 1.165) is 23.8 Å². The third kappa shape index (κ3) is 4.29. The van der Waals surface area contributed by atoms with Crippen LogP contribution in [0.5, 0.6) is 0 Å². The van der Waals surface area contributed by atoms with Gasteiger partial charge in [0.05, 0.1) is 12.9 Å². The summed E-state index contributed by atoms with van der Waals surface area (Å²) in [5.41, 5.74) is 1.66. The van der Waals surface area contributed by atoms with E-state index in [1.165, 1.54) is 43.1 Å². The Bertz CT molecular complexity index is 1180. The lowest BCUT2D eigenvalue weighted by Gasteiger charge is -2.09. The van der Waals surface area contributed by atoms with E-state index >= 15 is 0 Å². The lowest BCUT2D eigenvalue weighted by Crippen LogP contribution is -2.16. The van der Waals surface area contributed by atoms with Gasteiger partial charge in [0.25, 0.3) is 0 Å². The van der Waals surface area contributed by atoms with Crippen LogP contribution >= 0.6 is 34.7 Å². The molecule has 1 N–H and O–H groups in total. The molecule has 1 aromatic carbocycles. The highest BCUT2D eigenvalue weighted by Crippen LogP contribution is 2.46. The Morgan fingerprint density at radius 2 is 2.00 bits per heavy atom. The third-order valence-corrected chi connectivity index (χ3v) is 7.64. The van der Waals surface area contributed by atoms with Crippen molar-refractivity contribution in [2.24, 2.45) is 0 Å². The van der Waals surface area contributed by atoms with Crippen LogP contribution in [0.4, 0.5) is 5.00 Å². The highest BCUT2D eigenvalue weighted by Gasteiger charge is 2.36. The van der Waals surface area contributed by atoms with Gasteiger partial charge in [-0.3, -0.25) is 4.79 Å². The Balaban J connectivity index is 1.33. The minimum atomic E-state index is -0.522. The number of carbonyl (C=O) groups excluding carboxylic acids is 2. The van der Waals surface area contributed by atoms with E-state index in [-0.39, 0.29) is 11.7 Å². The predicted octanol–water partition coefficient (Wildman–Crippen LogP) is 5.39. The predicted molar refractivity (Wildman–Crippen MR) is 126 cm³/mol. The first-order chi connectivity index (χ1) is 15.6. The van der Waals surface area contributed by atoms with Gasteiger partial charge in [0.2, 0.25) is 5.91 Å². The molecule has 0 radical (unpaired) electrons. The maximum absolute atomic E-state index is 12.8. The topological polar surface area (TPSA) is 86.1 Å². The Labute approximate surface area is 198 Å². The molecule has 3 aromatic rings. The van der Waals surface area contributed by atoms with Gasteiger partial charge in [-0.1, -0.05) is 41.6 Å². The highest BCUT2D eigenvalue weighted by atomic mass is 35.5. The molecule has 2 aliphatic carbocycles. The summed E-state index contributed by atoms with van der Waals surface area (Å²) in [4.78, 5) is 25.3. The number of nitrogens with zero attached hydrogens (tertiary/aromatic N) is 3. The molecule has 5 rings (SSSR count). The molecular weight excluding hydrogens is 468 g/mol. The molecule has 10 heteroatoms. The number of amides is 1. The van der Waals surface area contributed by atoms with Crippen molar-refractivity contribution in [3.63, 3.8) is 0 Å². The summed E-state index contributed by atoms with van der Waals surface area (Å²) in [6.45, 7) is 0. The zero-order chi connectivity index (χ0) is 22.2. The van der Waals surface area contributed by atoms with Crippen molar-refractivity contribution < 1.29 is 14.3 Å². The molecule has 2 saturated carbocycles. The SMILES string of the molecule is COC(=O)c1c(-c2ccccc2Cl)csc1NC(=O)CSc1nnc(C2CC2)n1C1CC1. The van der Waals surface area contributed by atoms with E-state index in [9.17, 15) is 9.59 Å². The van der Waals surface area contributed by atoms with Gasteiger partial charge >= 0.3 is 5.97 Å². The number of ether oxygens (including phenoxy) is 1. The standard InChI is InChI=1S/C22H21ClN4O3S2/c1-30-21(29)18-15(14-4-2-3-5-16(14)23)10-31-20(18)24-17(28)11-32-22-26-25-19(12-6-7-12)27(22)13-8-9-13/h2-5,10,12-13H,6-9,11H2,1H3,(H,24,28). The van der Waals surface area contributed by atoms with Gasteiger partial charge in [-0.05, 0) is 31.7 Å². The molecule has 2 aliphatic rings. The second-order valence-electron chi connectivity index (χ2n) is 7.88. The minimum absolute atomic E-state index is 0.176. The van der Waals surface area contributed by atoms with Crippen LogP contribution in [0.3, 0.4) is 0 Å². The Morgan fingerprint density at radius 3 is 2.69 bits per heavy atom. The summed E-state index contributed by atoms with van der Waals surface area (Å²) in [5, 5.41) is 15.2. The summed E-state index contributed by atoms with van der Waals surface area (Å²) < 4.78 is 7.19. The van der Waals surface area contributed by atoms with Gasteiger partial charge < -0.3 is 14.6 Å². The summed E-state index contributed by atoms with van der Waals surface area (Å²) in [6.07, 6.45) is 4.61. The monoisotopic (exact) mass is 488 g/mol. The van der Waals surface area contributed by atoms with E-state index in [1.807, 2.05) is 23.6 Å². The van der Waals surface area contributed by atoms with Crippen LogP contribution in [0.15, 0.2) is 34.8 Å². The molecule has 0 saturated heterocycles. The van der Waals surface area contributed by atoms with Gasteiger partial charge in [0, 0.05) is 33.5 Å². The zero-order valence-electron chi connectivity index (χ0n) is 17.3. The first-order valence-corrected chi connectivity index (χ1v) is 12.6. The summed E-state index contributed by atoms with van der Waals surface area (Å²) in [5.74, 6) is 1.02. The molecule has 0 aliphatic heterocycles. The third-order valence-electron chi connectivity index (χ3n) is 5.48. The molecule has 7 nitrogen and oxygen atoms in total. The lowest BCUT2D eigenvalue weighted by molar-refractivity contribution is -0.113. The van der Waals surface area contributed by atoms with Gasteiger partial charge in [-0.25, -0.2) is 4.79 Å². The fraction of sp³-hybridized carbons (Fsp3) is 0.364. The second-order valence-corrected chi connectivity index (χ2v) is 10.1. The molecular formula is C22H21ClN4O3S2. The number of hydrogen-bond acceptors (Lipinski definition) is 7. The number of halogens is 1. The number of thioether (sulfide) groups is 1. The number of anilines is 1. The van der Waals surface area contributed by atoms with Gasteiger partial charge in [-0.15, -0.1) is 21.5 Å². The zero-order valence-corrected chi connectivity index (χ0v) is 19.7. The van der Waals surface area contributed by atoms with Crippen LogP contribution in [0, 0.1) is 0 Å². The molecule has 0 unspecified atom stereocenters. The molecule has 2 aromatic heterocycles. The minimum Gasteiger partial charge on any atom is -0.465 e. The molecule has 0 bridgehead atoms. The van der Waals surface area contributed by atoms with Crippen LogP contribution in [0.25, 0.3) is 11.1 Å². The first-order valence-electron chi connectivity index (χ1n) is 10.4. The molecule has 1 amide bonds. The van der Waals surface area contributed by atoms with Crippen molar-refractivity contribution in [2.45, 2.75) is 42.8 Å². The maximum Gasteiger partial charge on any atom is 0.341 e. The van der Waals surface area contributed by atoms with Crippen molar-refractivity contribution in [2.75, 3.05) is 18.2 Å². The number of aromatic nitrogens is 3. The Kier molecular flexibility index (Phi) is 5.96. The first kappa shape index (κ1) is 21.5. The summed E-state index contributed by atoms with van der Waals surface area (Å²) in [7, 11) is 1.32. The van der Waals surface area contributed by atoms with Crippen molar-refractivity contribution in [1.82, 2.24) is 14.8 Å². The van der Waals surface area contributed by atoms with Crippen molar-refractivity contribution in [3.8, 4) is 11.1 Å². The second kappa shape index (κ2) is 8.88. The smallest absolute Gasteiger partial charge is 0.341 e. The van der Waals surface area contributed by atoms with E-state index < -0.39 is 5.97 Å². The van der Waals surface area contributed by atoms with Crippen LogP contribution in [-0.2, 0) is 9.53 Å². The number of nitrogens with one attached hydrogen (secondary N) is 1. The van der Waals surface area contributed by atoms with Crippen molar-refractivity contribution in [3.05, 3.63) is 46.1 Å². The number of thiophene rings is 1. The molecule has 2 fully saturated rings. The number of rotatable bonds is 8. The van der Waals surface area contributed by atoms with Crippen LogP contribution in [0.2, 0.25) is 5.02 Å². The summed E-state index contributed by atoms with van der Waals surface area (Å²) >= 11 is 8.98. The number of hydrogen-bond donors (Lipinski definition) is 1. The van der Waals surface area contributed by atoms with E-state index in [2.05, 4.69) is 20.1 Å². The molecule has 166 valence electrons. The van der Waals surface area contributed by atoms with Gasteiger partial charge in [-0.2, -0.15) is 0 Å². The highest BCUT2D eigenvalue weighted by molar-refractivity contribution is 7.99. The number of carbonyl (C=O) groups is 2. The van der Waals surface area contributed by atoms with Crippen molar-refractivity contribution in [1.29, 1.82) is 0 Å². The number of methoxy groups -OCH3 is 1. The fourth-order valence-corrected chi connectivity index (χ4v) is 5.62. The van der Waals surface area contributed by atoms with Crippen LogP contribution in [-0.4, -0.2) is 39.5 Å². The van der Waals surface area contributed by atoms with E-state index in [1.54, 1.807) is 6.07 Å². The fourth-order valence-electron chi connectivity index (χ4n) is 3.61. The van der Waals surface area contributed by atoms with E-state index in [0.29, 0.717) is 38.7 Å². The normalized spacial score (nSPS) is 15.6. The molecule has 32 heavy (non-hydrogen) atoms. The van der Waals surface area contributed by atoms with E-state index in [4.69, 9.17) is 16.3 Å². The Morgan fingerprint density at radius 1 is 1.22 bits per heavy atom. The molecule has 2 heterocycles.